The van der Waals surface area contributed by atoms with Crippen molar-refractivity contribution in [2.24, 2.45) is 0 Å². The molecule has 2 N–H and O–H groups in total. The minimum Gasteiger partial charge on any atom is -0.508 e. The lowest BCUT2D eigenvalue weighted by molar-refractivity contribution is 0.0938. The molecular weight excluding hydrogens is 258 g/mol. The summed E-state index contributed by atoms with van der Waals surface area (Å²) in [6.07, 6.45) is 3.45. The summed E-state index contributed by atoms with van der Waals surface area (Å²) in [5.41, 5.74) is 1.47. The first kappa shape index (κ1) is 14.3. The van der Waals surface area contributed by atoms with E-state index in [4.69, 9.17) is 0 Å². The molecule has 0 spiro atoms. The fraction of sp³-hybridized carbons (Fsp3) is 0.533. The van der Waals surface area contributed by atoms with Gasteiger partial charge in [0.05, 0.1) is 0 Å². The van der Waals surface area contributed by atoms with Crippen LogP contribution in [0.5, 0.6) is 5.75 Å². The summed E-state index contributed by atoms with van der Waals surface area (Å²) in [4.78, 5) is 12.3. The lowest BCUT2D eigenvalue weighted by Crippen LogP contribution is -2.39. The molecule has 1 aliphatic rings. The fourth-order valence-corrected chi connectivity index (χ4v) is 3.85. The van der Waals surface area contributed by atoms with Crippen LogP contribution in [-0.2, 0) is 0 Å². The molecular formula is C15H21NO2S. The van der Waals surface area contributed by atoms with Crippen molar-refractivity contribution in [3.8, 4) is 5.75 Å². The number of phenols is 1. The van der Waals surface area contributed by atoms with Crippen LogP contribution in [0.3, 0.4) is 0 Å². The third kappa shape index (κ3) is 3.44. The highest BCUT2D eigenvalue weighted by molar-refractivity contribution is 7.99. The predicted octanol–water partition coefficient (Wildman–Crippen LogP) is 3.10. The van der Waals surface area contributed by atoms with E-state index in [1.807, 2.05) is 18.7 Å². The van der Waals surface area contributed by atoms with E-state index in [-0.39, 0.29) is 17.7 Å². The Labute approximate surface area is 118 Å². The molecule has 0 bridgehead atoms. The number of hydrogen-bond donors (Lipinski definition) is 2. The Balaban J connectivity index is 2.04. The fourth-order valence-electron chi connectivity index (χ4n) is 2.65. The maximum atomic E-state index is 12.3. The van der Waals surface area contributed by atoms with Crippen LogP contribution in [0.4, 0.5) is 0 Å². The number of rotatable bonds is 4. The molecule has 1 fully saturated rings. The number of amides is 1. The molecule has 3 nitrogen and oxygen atoms in total. The molecule has 2 unspecified atom stereocenters. The van der Waals surface area contributed by atoms with Gasteiger partial charge in [0.1, 0.15) is 5.75 Å². The van der Waals surface area contributed by atoms with Crippen molar-refractivity contribution in [3.05, 3.63) is 29.3 Å². The van der Waals surface area contributed by atoms with Crippen molar-refractivity contribution in [3.63, 3.8) is 0 Å². The Kier molecular flexibility index (Phi) is 4.75. The molecule has 19 heavy (non-hydrogen) atoms. The van der Waals surface area contributed by atoms with E-state index >= 15 is 0 Å². The number of nitrogens with one attached hydrogen (secondary N) is 1. The van der Waals surface area contributed by atoms with Crippen molar-refractivity contribution in [1.29, 1.82) is 0 Å². The number of phenolic OH excluding ortho intramolecular Hbond substituents is 1. The number of aromatic hydroxyl groups is 1. The van der Waals surface area contributed by atoms with E-state index in [0.717, 1.165) is 17.7 Å². The maximum Gasteiger partial charge on any atom is 0.251 e. The highest BCUT2D eigenvalue weighted by Gasteiger charge is 2.28. The van der Waals surface area contributed by atoms with Gasteiger partial charge in [0.25, 0.3) is 5.91 Å². The van der Waals surface area contributed by atoms with Gasteiger partial charge in [-0.3, -0.25) is 4.79 Å². The predicted molar refractivity (Wildman–Crippen MR) is 79.9 cm³/mol. The Bertz CT molecular complexity index is 461. The second-order valence-corrected chi connectivity index (χ2v) is 6.52. The Hall–Kier alpha value is -1.16. The second kappa shape index (κ2) is 6.33. The average Bonchev–Trinajstić information content (AvgIpc) is 2.77. The van der Waals surface area contributed by atoms with Crippen LogP contribution < -0.4 is 5.32 Å². The van der Waals surface area contributed by atoms with Crippen LogP contribution in [0, 0.1) is 6.92 Å². The maximum absolute atomic E-state index is 12.3. The minimum absolute atomic E-state index is 0.0221. The number of benzene rings is 1. The summed E-state index contributed by atoms with van der Waals surface area (Å²) in [6, 6.07) is 5.17. The lowest BCUT2D eigenvalue weighted by Gasteiger charge is -2.20. The van der Waals surface area contributed by atoms with E-state index in [9.17, 15) is 9.90 Å². The zero-order chi connectivity index (χ0) is 13.8. The van der Waals surface area contributed by atoms with E-state index in [1.54, 1.807) is 18.2 Å². The molecule has 0 heterocycles. The molecule has 0 aromatic heterocycles. The van der Waals surface area contributed by atoms with E-state index in [2.05, 4.69) is 12.2 Å². The summed E-state index contributed by atoms with van der Waals surface area (Å²) in [7, 11) is 0. The molecule has 0 aliphatic heterocycles. The van der Waals surface area contributed by atoms with Gasteiger partial charge in [-0.25, -0.2) is 0 Å². The third-order valence-electron chi connectivity index (χ3n) is 3.60. The van der Waals surface area contributed by atoms with Gasteiger partial charge in [-0.15, -0.1) is 0 Å². The summed E-state index contributed by atoms with van der Waals surface area (Å²) < 4.78 is 0. The zero-order valence-electron chi connectivity index (χ0n) is 11.5. The lowest BCUT2D eigenvalue weighted by atomic mass is 10.1. The number of carbonyl (C=O) groups is 1. The average molecular weight is 279 g/mol. The van der Waals surface area contributed by atoms with Gasteiger partial charge in [0.2, 0.25) is 0 Å². The molecule has 1 aliphatic carbocycles. The smallest absolute Gasteiger partial charge is 0.251 e. The van der Waals surface area contributed by atoms with E-state index < -0.39 is 0 Å². The van der Waals surface area contributed by atoms with Crippen LogP contribution in [0.1, 0.15) is 42.1 Å². The third-order valence-corrected chi connectivity index (χ3v) is 4.93. The van der Waals surface area contributed by atoms with Crippen LogP contribution in [0.2, 0.25) is 0 Å². The summed E-state index contributed by atoms with van der Waals surface area (Å²) >= 11 is 1.94. The Morgan fingerprint density at radius 3 is 2.95 bits per heavy atom. The molecule has 1 amide bonds. The van der Waals surface area contributed by atoms with Crippen molar-refractivity contribution < 1.29 is 9.90 Å². The van der Waals surface area contributed by atoms with Crippen LogP contribution in [0.25, 0.3) is 0 Å². The van der Waals surface area contributed by atoms with E-state index in [1.165, 1.54) is 12.8 Å². The van der Waals surface area contributed by atoms with Crippen molar-refractivity contribution >= 4 is 17.7 Å². The summed E-state index contributed by atoms with van der Waals surface area (Å²) in [5.74, 6) is 1.27. The van der Waals surface area contributed by atoms with Gasteiger partial charge in [0.15, 0.2) is 0 Å². The highest BCUT2D eigenvalue weighted by atomic mass is 32.2. The summed E-state index contributed by atoms with van der Waals surface area (Å²) in [6.45, 7) is 4.01. The van der Waals surface area contributed by atoms with Gasteiger partial charge < -0.3 is 10.4 Å². The molecule has 2 rings (SSSR count). The van der Waals surface area contributed by atoms with Gasteiger partial charge in [-0.05, 0) is 49.3 Å². The SMILES string of the molecule is CCSC1CCCC1NC(=O)c1ccc(O)cc1C. The second-order valence-electron chi connectivity index (χ2n) is 5.00. The standard InChI is InChI=1S/C15H21NO2S/c1-3-19-14-6-4-5-13(14)16-15(18)12-8-7-11(17)9-10(12)2/h7-9,13-14,17H,3-6H2,1-2H3,(H,16,18). The molecule has 0 radical (unpaired) electrons. The first-order valence-corrected chi connectivity index (χ1v) is 7.88. The molecule has 2 atom stereocenters. The number of aryl methyl sites for hydroxylation is 1. The van der Waals surface area contributed by atoms with Crippen LogP contribution in [0.15, 0.2) is 18.2 Å². The van der Waals surface area contributed by atoms with Gasteiger partial charge in [0, 0.05) is 16.9 Å². The molecule has 1 saturated carbocycles. The first-order valence-electron chi connectivity index (χ1n) is 6.84. The van der Waals surface area contributed by atoms with Gasteiger partial charge in [-0.1, -0.05) is 13.3 Å². The van der Waals surface area contributed by atoms with Gasteiger partial charge >= 0.3 is 0 Å². The molecule has 4 heteroatoms. The van der Waals surface area contributed by atoms with Crippen molar-refractivity contribution in [1.82, 2.24) is 5.32 Å². The molecule has 1 aromatic rings. The largest absolute Gasteiger partial charge is 0.508 e. The minimum atomic E-state index is -0.0221. The Morgan fingerprint density at radius 1 is 1.47 bits per heavy atom. The topological polar surface area (TPSA) is 49.3 Å². The first-order chi connectivity index (χ1) is 9.11. The van der Waals surface area contributed by atoms with Crippen LogP contribution >= 0.6 is 11.8 Å². The van der Waals surface area contributed by atoms with Crippen molar-refractivity contribution in [2.45, 2.75) is 44.4 Å². The number of thioether (sulfide) groups is 1. The van der Waals surface area contributed by atoms with E-state index in [0.29, 0.717) is 10.8 Å². The number of carbonyl (C=O) groups excluding carboxylic acids is 1. The number of hydrogen-bond acceptors (Lipinski definition) is 3. The van der Waals surface area contributed by atoms with Crippen LogP contribution in [-0.4, -0.2) is 28.1 Å². The van der Waals surface area contributed by atoms with Gasteiger partial charge in [-0.2, -0.15) is 11.8 Å². The monoisotopic (exact) mass is 279 g/mol. The Morgan fingerprint density at radius 2 is 2.26 bits per heavy atom. The molecule has 104 valence electrons. The summed E-state index contributed by atoms with van der Waals surface area (Å²) in [5, 5.41) is 13.1. The highest BCUT2D eigenvalue weighted by Crippen LogP contribution is 2.30. The molecule has 0 saturated heterocycles. The zero-order valence-corrected chi connectivity index (χ0v) is 12.3. The normalized spacial score (nSPS) is 22.4. The molecule has 1 aromatic carbocycles. The van der Waals surface area contributed by atoms with Crippen molar-refractivity contribution in [2.75, 3.05) is 5.75 Å². The quantitative estimate of drug-likeness (QED) is 0.890.